The zero-order valence-electron chi connectivity index (χ0n) is 20.2. The summed E-state index contributed by atoms with van der Waals surface area (Å²) in [6.07, 6.45) is 8.65. The average Bonchev–Trinajstić information content (AvgIpc) is 3.53. The van der Waals surface area contributed by atoms with E-state index in [9.17, 15) is 0 Å². The maximum absolute atomic E-state index is 5.93. The molecule has 0 saturated heterocycles. The van der Waals surface area contributed by atoms with E-state index in [1.54, 1.807) is 0 Å². The Hall–Kier alpha value is -4.50. The van der Waals surface area contributed by atoms with E-state index in [4.69, 9.17) is 9.47 Å². The Balaban J connectivity index is 1.33. The molecule has 3 heteroatoms. The van der Waals surface area contributed by atoms with E-state index in [1.807, 2.05) is 24.3 Å². The van der Waals surface area contributed by atoms with Gasteiger partial charge in [0.15, 0.2) is 0 Å². The summed E-state index contributed by atoms with van der Waals surface area (Å²) in [6, 6.07) is 33.6. The molecule has 0 bridgehead atoms. The van der Waals surface area contributed by atoms with E-state index in [1.165, 1.54) is 11.1 Å². The van der Waals surface area contributed by atoms with Gasteiger partial charge < -0.3 is 14.4 Å². The Labute approximate surface area is 212 Å². The highest BCUT2D eigenvalue weighted by atomic mass is 16.5. The van der Waals surface area contributed by atoms with Gasteiger partial charge in [-0.25, -0.2) is 0 Å². The fourth-order valence-corrected chi connectivity index (χ4v) is 4.55. The van der Waals surface area contributed by atoms with Gasteiger partial charge in [0.2, 0.25) is 0 Å². The van der Waals surface area contributed by atoms with Crippen LogP contribution in [0.1, 0.15) is 27.8 Å². The largest absolute Gasteiger partial charge is 0.488 e. The van der Waals surface area contributed by atoms with Crippen LogP contribution in [-0.2, 0) is 0 Å². The van der Waals surface area contributed by atoms with Crippen LogP contribution in [0.3, 0.4) is 0 Å². The number of anilines is 1. The molecule has 0 radical (unpaired) electrons. The summed E-state index contributed by atoms with van der Waals surface area (Å²) in [4.78, 5) is 2.19. The highest BCUT2D eigenvalue weighted by molar-refractivity contribution is 5.81. The van der Waals surface area contributed by atoms with Crippen LogP contribution in [0.5, 0.6) is 11.5 Å². The lowest BCUT2D eigenvalue weighted by atomic mass is 10.1. The molecule has 0 aromatic heterocycles. The number of rotatable bonds is 5. The van der Waals surface area contributed by atoms with Crippen LogP contribution in [0.25, 0.3) is 23.3 Å². The van der Waals surface area contributed by atoms with E-state index < -0.39 is 0 Å². The smallest absolute Gasteiger partial charge is 0.127 e. The zero-order chi connectivity index (χ0) is 24.3. The van der Waals surface area contributed by atoms with Crippen LogP contribution >= 0.6 is 0 Å². The van der Waals surface area contributed by atoms with Gasteiger partial charge in [-0.3, -0.25) is 0 Å². The molecule has 36 heavy (non-hydrogen) atoms. The molecule has 2 heterocycles. The van der Waals surface area contributed by atoms with E-state index in [0.717, 1.165) is 45.0 Å². The van der Waals surface area contributed by atoms with E-state index in [0.29, 0.717) is 13.2 Å². The van der Waals surface area contributed by atoms with Crippen LogP contribution in [-0.4, -0.2) is 13.2 Å². The normalized spacial score (nSPS) is 16.1. The van der Waals surface area contributed by atoms with Gasteiger partial charge in [-0.2, -0.15) is 0 Å². The summed E-state index contributed by atoms with van der Waals surface area (Å²) in [6.45, 7) is 3.22. The zero-order valence-corrected chi connectivity index (χ0v) is 20.2. The van der Waals surface area contributed by atoms with Gasteiger partial charge in [-0.15, -0.1) is 0 Å². The molecular weight excluding hydrogens is 442 g/mol. The first-order chi connectivity index (χ1) is 17.7. The number of hydrogen-bond donors (Lipinski definition) is 0. The van der Waals surface area contributed by atoms with Gasteiger partial charge in [0, 0.05) is 40.4 Å². The Bertz CT molecular complexity index is 1410. The lowest BCUT2D eigenvalue weighted by Gasteiger charge is -2.19. The molecular formula is C33H27NO2. The third kappa shape index (κ3) is 4.56. The highest BCUT2D eigenvalue weighted by Gasteiger charge is 2.20. The quantitative estimate of drug-likeness (QED) is 0.278. The molecule has 0 aliphatic carbocycles. The van der Waals surface area contributed by atoms with Gasteiger partial charge in [0.25, 0.3) is 0 Å². The highest BCUT2D eigenvalue weighted by Crippen LogP contribution is 2.36. The van der Waals surface area contributed by atoms with Crippen molar-refractivity contribution in [3.63, 3.8) is 0 Å². The number of para-hydroxylation sites is 2. The molecule has 4 aromatic carbocycles. The first-order valence-electron chi connectivity index (χ1n) is 12.2. The third-order valence-corrected chi connectivity index (χ3v) is 6.56. The number of benzene rings is 4. The molecule has 2 aliphatic rings. The second kappa shape index (κ2) is 9.63. The van der Waals surface area contributed by atoms with Crippen molar-refractivity contribution in [3.8, 4) is 11.5 Å². The van der Waals surface area contributed by atoms with E-state index >= 15 is 0 Å². The standard InChI is InChI=1S/C33H27NO2/c1-24-10-12-25(13-11-24)14-15-26-16-18-29(19-17-26)34(20-27-22-35-32-8-4-2-6-30(27)32)21-28-23-36-33-9-5-3-7-31(28)33/h2-21H,22-23H2,1H3/b15-14+,27-20+,28-21+. The maximum Gasteiger partial charge on any atom is 0.127 e. The van der Waals surface area contributed by atoms with Crippen molar-refractivity contribution in [3.05, 3.63) is 137 Å². The van der Waals surface area contributed by atoms with Gasteiger partial charge in [-0.05, 0) is 42.3 Å². The number of fused-ring (bicyclic) bond motifs is 2. The lowest BCUT2D eigenvalue weighted by molar-refractivity contribution is 0.388. The molecule has 0 saturated carbocycles. The van der Waals surface area contributed by atoms with Crippen molar-refractivity contribution < 1.29 is 9.47 Å². The number of ether oxygens (including phenoxy) is 2. The predicted octanol–water partition coefficient (Wildman–Crippen LogP) is 7.84. The van der Waals surface area contributed by atoms with Gasteiger partial charge in [-0.1, -0.05) is 90.5 Å². The summed E-state index contributed by atoms with van der Waals surface area (Å²) in [5.74, 6) is 1.87. The first-order valence-corrected chi connectivity index (χ1v) is 12.2. The average molecular weight is 470 g/mol. The monoisotopic (exact) mass is 469 g/mol. The number of aryl methyl sites for hydroxylation is 1. The summed E-state index contributed by atoms with van der Waals surface area (Å²) < 4.78 is 11.9. The van der Waals surface area contributed by atoms with E-state index in [-0.39, 0.29) is 0 Å². The third-order valence-electron chi connectivity index (χ3n) is 6.56. The minimum atomic E-state index is 0.559. The fourth-order valence-electron chi connectivity index (χ4n) is 4.55. The van der Waals surface area contributed by atoms with Crippen molar-refractivity contribution in [1.29, 1.82) is 0 Å². The minimum absolute atomic E-state index is 0.559. The van der Waals surface area contributed by atoms with Crippen molar-refractivity contribution in [2.24, 2.45) is 0 Å². The van der Waals surface area contributed by atoms with Crippen molar-refractivity contribution in [1.82, 2.24) is 0 Å². The summed E-state index contributed by atoms with van der Waals surface area (Å²) >= 11 is 0. The molecule has 3 nitrogen and oxygen atoms in total. The molecule has 0 spiro atoms. The molecule has 176 valence electrons. The van der Waals surface area contributed by atoms with Crippen molar-refractivity contribution in [2.45, 2.75) is 6.92 Å². The molecule has 0 fully saturated rings. The Morgan fingerprint density at radius 1 is 0.583 bits per heavy atom. The summed E-state index contributed by atoms with van der Waals surface area (Å²) in [5, 5.41) is 0. The van der Waals surface area contributed by atoms with Crippen LogP contribution < -0.4 is 14.4 Å². The van der Waals surface area contributed by atoms with Crippen LogP contribution in [0.15, 0.2) is 109 Å². The Morgan fingerprint density at radius 3 is 1.58 bits per heavy atom. The predicted molar refractivity (Wildman–Crippen MR) is 149 cm³/mol. The van der Waals surface area contributed by atoms with Crippen LogP contribution in [0.4, 0.5) is 5.69 Å². The second-order valence-electron chi connectivity index (χ2n) is 9.12. The van der Waals surface area contributed by atoms with Crippen LogP contribution in [0, 0.1) is 6.92 Å². The van der Waals surface area contributed by atoms with Crippen LogP contribution in [0.2, 0.25) is 0 Å². The first kappa shape index (κ1) is 22.0. The molecule has 4 aromatic rings. The molecule has 0 amide bonds. The Morgan fingerprint density at radius 2 is 1.06 bits per heavy atom. The van der Waals surface area contributed by atoms with Crippen molar-refractivity contribution >= 4 is 29.0 Å². The SMILES string of the molecule is Cc1ccc(/C=C/c2ccc(N(/C=C3\COc4ccccc43)/C=C3\COc4ccccc43)cc2)cc1. The fraction of sp³-hybridized carbons (Fsp3) is 0.0909. The lowest BCUT2D eigenvalue weighted by Crippen LogP contribution is -2.10. The van der Waals surface area contributed by atoms with Gasteiger partial charge in [0.1, 0.15) is 24.7 Å². The second-order valence-corrected chi connectivity index (χ2v) is 9.12. The van der Waals surface area contributed by atoms with Gasteiger partial charge >= 0.3 is 0 Å². The number of nitrogens with zero attached hydrogens (tertiary/aromatic N) is 1. The number of hydrogen-bond acceptors (Lipinski definition) is 3. The van der Waals surface area contributed by atoms with Crippen molar-refractivity contribution in [2.75, 3.05) is 18.1 Å². The molecule has 0 unspecified atom stereocenters. The molecule has 0 N–H and O–H groups in total. The summed E-state index contributed by atoms with van der Waals surface area (Å²) in [5.41, 5.74) is 9.28. The molecule has 0 atom stereocenters. The Kier molecular flexibility index (Phi) is 5.88. The van der Waals surface area contributed by atoms with Gasteiger partial charge in [0.05, 0.1) is 0 Å². The molecule has 6 rings (SSSR count). The summed E-state index contributed by atoms with van der Waals surface area (Å²) in [7, 11) is 0. The molecule has 2 aliphatic heterocycles. The minimum Gasteiger partial charge on any atom is -0.488 e. The maximum atomic E-state index is 5.93. The van der Waals surface area contributed by atoms with E-state index in [2.05, 4.69) is 109 Å². The topological polar surface area (TPSA) is 21.7 Å².